The molecule has 2 saturated carbocycles. The van der Waals surface area contributed by atoms with Crippen LogP contribution in [0.15, 0.2) is 36.5 Å². The molecule has 156 valence electrons. The molecule has 1 aromatic heterocycles. The predicted octanol–water partition coefficient (Wildman–Crippen LogP) is 3.10. The van der Waals surface area contributed by atoms with Gasteiger partial charge in [-0.2, -0.15) is 0 Å². The van der Waals surface area contributed by atoms with Gasteiger partial charge in [0.05, 0.1) is 18.3 Å². The standard InChI is InChI=1S/C23H25N3O3S/c27-21(19-11-24-20(30-19)16-4-2-1-3-5-16)26-12-17(13-26)25-22(28)23-9-14-6-15(10-23)8-18(7-14)29-23/h1-5,11,14-15,17-18H,6-10,12-13H2,(H,25,28). The van der Waals surface area contributed by atoms with Gasteiger partial charge in [-0.3, -0.25) is 9.59 Å². The molecule has 30 heavy (non-hydrogen) atoms. The number of aromatic nitrogens is 1. The topological polar surface area (TPSA) is 71.5 Å². The zero-order chi connectivity index (χ0) is 20.3. The van der Waals surface area contributed by atoms with Crippen LogP contribution >= 0.6 is 11.3 Å². The van der Waals surface area contributed by atoms with Crippen molar-refractivity contribution in [1.29, 1.82) is 0 Å². The Kier molecular flexibility index (Phi) is 4.25. The van der Waals surface area contributed by atoms with E-state index >= 15 is 0 Å². The largest absolute Gasteiger partial charge is 0.362 e. The van der Waals surface area contributed by atoms with Crippen molar-refractivity contribution >= 4 is 23.2 Å². The summed E-state index contributed by atoms with van der Waals surface area (Å²) in [7, 11) is 0. The summed E-state index contributed by atoms with van der Waals surface area (Å²) in [6.45, 7) is 1.10. The van der Waals surface area contributed by atoms with Gasteiger partial charge in [0.2, 0.25) is 0 Å². The van der Waals surface area contributed by atoms with Crippen molar-refractivity contribution < 1.29 is 14.3 Å². The molecule has 2 amide bonds. The molecule has 1 aromatic carbocycles. The second kappa shape index (κ2) is 6.89. The number of hydrogen-bond acceptors (Lipinski definition) is 5. The molecule has 2 aromatic rings. The summed E-state index contributed by atoms with van der Waals surface area (Å²) in [6, 6.07) is 9.90. The lowest BCUT2D eigenvalue weighted by molar-refractivity contribution is -0.219. The number of ether oxygens (including phenoxy) is 1. The lowest BCUT2D eigenvalue weighted by Crippen LogP contribution is -2.67. The molecule has 4 heterocycles. The van der Waals surface area contributed by atoms with Crippen LogP contribution in [0.1, 0.15) is 41.8 Å². The monoisotopic (exact) mass is 423 g/mol. The minimum absolute atomic E-state index is 0.00812. The Morgan fingerprint density at radius 1 is 1.10 bits per heavy atom. The summed E-state index contributed by atoms with van der Waals surface area (Å²) in [4.78, 5) is 32.7. The van der Waals surface area contributed by atoms with Crippen molar-refractivity contribution in [3.05, 3.63) is 41.4 Å². The molecule has 5 aliphatic rings. The van der Waals surface area contributed by atoms with E-state index in [9.17, 15) is 9.59 Å². The molecule has 5 fully saturated rings. The van der Waals surface area contributed by atoms with Gasteiger partial charge < -0.3 is 15.0 Å². The van der Waals surface area contributed by atoms with E-state index in [1.54, 1.807) is 11.1 Å². The zero-order valence-electron chi connectivity index (χ0n) is 16.8. The number of nitrogens with one attached hydrogen (secondary N) is 1. The van der Waals surface area contributed by atoms with Crippen LogP contribution in [0.5, 0.6) is 0 Å². The molecular weight excluding hydrogens is 398 g/mol. The maximum atomic E-state index is 13.1. The van der Waals surface area contributed by atoms with Crippen LogP contribution in [-0.4, -0.2) is 52.5 Å². The van der Waals surface area contributed by atoms with Crippen LogP contribution in [-0.2, 0) is 9.53 Å². The fourth-order valence-electron chi connectivity index (χ4n) is 5.90. The maximum absolute atomic E-state index is 13.1. The van der Waals surface area contributed by atoms with Gasteiger partial charge in [0.1, 0.15) is 15.5 Å². The lowest BCUT2D eigenvalue weighted by atomic mass is 9.62. The Bertz CT molecular complexity index is 947. The van der Waals surface area contributed by atoms with E-state index in [0.29, 0.717) is 29.8 Å². The van der Waals surface area contributed by atoms with E-state index in [2.05, 4.69) is 10.3 Å². The molecule has 0 radical (unpaired) electrons. The van der Waals surface area contributed by atoms with Crippen LogP contribution in [0.25, 0.3) is 10.6 Å². The number of thiazole rings is 1. The number of amides is 2. The molecular formula is C23H25N3O3S. The Hall–Kier alpha value is -2.25. The first-order valence-corrected chi connectivity index (χ1v) is 11.7. The van der Waals surface area contributed by atoms with Gasteiger partial charge >= 0.3 is 0 Å². The number of hydrogen-bond donors (Lipinski definition) is 1. The highest BCUT2D eigenvalue weighted by molar-refractivity contribution is 7.16. The summed E-state index contributed by atoms with van der Waals surface area (Å²) in [5.41, 5.74) is 0.410. The minimum Gasteiger partial charge on any atom is -0.362 e. The van der Waals surface area contributed by atoms with E-state index in [1.807, 2.05) is 30.3 Å². The molecule has 1 N–H and O–H groups in total. The SMILES string of the molecule is O=C(c1cnc(-c2ccccc2)s1)N1CC(NC(=O)C23CC4CC(CC(C4)O2)C3)C1. The maximum Gasteiger partial charge on any atom is 0.265 e. The van der Waals surface area contributed by atoms with E-state index in [4.69, 9.17) is 4.74 Å². The van der Waals surface area contributed by atoms with Crippen LogP contribution in [0.2, 0.25) is 0 Å². The second-order valence-corrected chi connectivity index (χ2v) is 10.4. The molecule has 3 aliphatic heterocycles. The summed E-state index contributed by atoms with van der Waals surface area (Å²) < 4.78 is 6.23. The highest BCUT2D eigenvalue weighted by atomic mass is 32.1. The van der Waals surface area contributed by atoms with Gasteiger partial charge in [-0.15, -0.1) is 11.3 Å². The molecule has 4 bridgehead atoms. The number of carbonyl (C=O) groups excluding carboxylic acids is 2. The zero-order valence-corrected chi connectivity index (χ0v) is 17.6. The Balaban J connectivity index is 1.06. The van der Waals surface area contributed by atoms with Gasteiger partial charge in [-0.1, -0.05) is 30.3 Å². The molecule has 2 unspecified atom stereocenters. The number of benzene rings is 1. The number of carbonyl (C=O) groups is 2. The molecule has 6 nitrogen and oxygen atoms in total. The lowest BCUT2D eigenvalue weighted by Gasteiger charge is -2.55. The quantitative estimate of drug-likeness (QED) is 0.820. The van der Waals surface area contributed by atoms with Gasteiger partial charge in [0.15, 0.2) is 0 Å². The van der Waals surface area contributed by atoms with Gasteiger partial charge in [0.25, 0.3) is 11.8 Å². The Morgan fingerprint density at radius 3 is 2.53 bits per heavy atom. The van der Waals surface area contributed by atoms with Crippen molar-refractivity contribution in [3.63, 3.8) is 0 Å². The fourth-order valence-corrected chi connectivity index (χ4v) is 6.79. The molecule has 0 spiro atoms. The highest BCUT2D eigenvalue weighted by Gasteiger charge is 2.56. The summed E-state index contributed by atoms with van der Waals surface area (Å²) in [5, 5.41) is 4.02. The summed E-state index contributed by atoms with van der Waals surface area (Å²) in [6.07, 6.45) is 7.17. The molecule has 7 heteroatoms. The normalized spacial score (nSPS) is 32.1. The third kappa shape index (κ3) is 3.06. The molecule has 2 atom stereocenters. The van der Waals surface area contributed by atoms with Crippen LogP contribution < -0.4 is 5.32 Å². The van der Waals surface area contributed by atoms with E-state index in [1.165, 1.54) is 17.8 Å². The summed E-state index contributed by atoms with van der Waals surface area (Å²) >= 11 is 1.42. The van der Waals surface area contributed by atoms with E-state index < -0.39 is 5.60 Å². The average Bonchev–Trinajstić information content (AvgIpc) is 3.20. The van der Waals surface area contributed by atoms with Gasteiger partial charge in [-0.25, -0.2) is 4.98 Å². The summed E-state index contributed by atoms with van der Waals surface area (Å²) in [5.74, 6) is 1.33. The van der Waals surface area contributed by atoms with Crippen molar-refractivity contribution in [1.82, 2.24) is 15.2 Å². The molecule has 3 saturated heterocycles. The van der Waals surface area contributed by atoms with E-state index in [0.717, 1.165) is 36.3 Å². The second-order valence-electron chi connectivity index (χ2n) is 9.36. The molecule has 2 aliphatic carbocycles. The van der Waals surface area contributed by atoms with Crippen molar-refractivity contribution in [2.75, 3.05) is 13.1 Å². The predicted molar refractivity (Wildman–Crippen MR) is 113 cm³/mol. The van der Waals surface area contributed by atoms with E-state index in [-0.39, 0.29) is 24.0 Å². The highest BCUT2D eigenvalue weighted by Crippen LogP contribution is 2.53. The van der Waals surface area contributed by atoms with Crippen molar-refractivity contribution in [2.45, 2.75) is 49.9 Å². The fraction of sp³-hybridized carbons (Fsp3) is 0.522. The first-order chi connectivity index (χ1) is 14.6. The van der Waals surface area contributed by atoms with Crippen molar-refractivity contribution in [3.8, 4) is 10.6 Å². The van der Waals surface area contributed by atoms with Crippen LogP contribution in [0, 0.1) is 11.8 Å². The minimum atomic E-state index is -0.610. The first-order valence-electron chi connectivity index (χ1n) is 10.9. The first kappa shape index (κ1) is 18.5. The van der Waals surface area contributed by atoms with Crippen molar-refractivity contribution in [2.24, 2.45) is 11.8 Å². The Labute approximate surface area is 179 Å². The van der Waals surface area contributed by atoms with Gasteiger partial charge in [-0.05, 0) is 43.9 Å². The third-order valence-corrected chi connectivity index (χ3v) is 8.18. The Morgan fingerprint density at radius 2 is 1.83 bits per heavy atom. The number of likely N-dealkylation sites (tertiary alicyclic amines) is 1. The number of rotatable bonds is 4. The number of nitrogens with zero attached hydrogens (tertiary/aromatic N) is 2. The van der Waals surface area contributed by atoms with Crippen LogP contribution in [0.4, 0.5) is 0 Å². The van der Waals surface area contributed by atoms with Crippen LogP contribution in [0.3, 0.4) is 0 Å². The molecule has 7 rings (SSSR count). The van der Waals surface area contributed by atoms with Gasteiger partial charge in [0, 0.05) is 18.7 Å². The average molecular weight is 424 g/mol. The third-order valence-electron chi connectivity index (χ3n) is 7.14. The smallest absolute Gasteiger partial charge is 0.265 e.